The zero-order valence-corrected chi connectivity index (χ0v) is 11.5. The average Bonchev–Trinajstić information content (AvgIpc) is 2.86. The lowest BCUT2D eigenvalue weighted by atomic mass is 10.0. The van der Waals surface area contributed by atoms with E-state index in [1.54, 1.807) is 4.57 Å². The highest BCUT2D eigenvalue weighted by Gasteiger charge is 2.43. The Kier molecular flexibility index (Phi) is 3.53. The van der Waals surface area contributed by atoms with Crippen molar-refractivity contribution in [3.8, 4) is 0 Å². The molecule has 1 aromatic rings. The number of nitrogens with zero attached hydrogens (tertiary/aromatic N) is 3. The summed E-state index contributed by atoms with van der Waals surface area (Å²) < 4.78 is 7.68. The number of fused-ring (bicyclic) bond motifs is 1. The predicted molar refractivity (Wildman–Crippen MR) is 68.9 cm³/mol. The van der Waals surface area contributed by atoms with Gasteiger partial charge in [0.15, 0.2) is 5.82 Å². The van der Waals surface area contributed by atoms with Crippen molar-refractivity contribution in [3.63, 3.8) is 0 Å². The minimum atomic E-state index is -0.190. The normalized spacial score (nSPS) is 27.5. The molecular weight excluding hydrogens is 256 g/mol. The third-order valence-corrected chi connectivity index (χ3v) is 3.87. The van der Waals surface area contributed by atoms with E-state index in [0.717, 1.165) is 19.5 Å². The van der Waals surface area contributed by atoms with Crippen molar-refractivity contribution in [1.82, 2.24) is 19.7 Å². The number of aromatic nitrogens is 3. The van der Waals surface area contributed by atoms with Gasteiger partial charge in [0.2, 0.25) is 0 Å². The quantitative estimate of drug-likeness (QED) is 0.804. The number of ether oxygens (including phenoxy) is 1. The molecule has 0 aliphatic carbocycles. The molecule has 102 valence electrons. The summed E-state index contributed by atoms with van der Waals surface area (Å²) in [6.45, 7) is 7.39. The molecule has 1 spiro atoms. The zero-order valence-electron chi connectivity index (χ0n) is 10.7. The third kappa shape index (κ3) is 2.08. The van der Waals surface area contributed by atoms with E-state index in [9.17, 15) is 4.79 Å². The smallest absolute Gasteiger partial charge is 0.343 e. The van der Waals surface area contributed by atoms with E-state index in [2.05, 4.69) is 28.9 Å². The molecule has 3 rings (SSSR count). The average molecular weight is 275 g/mol. The number of nitrogens with one attached hydrogen (secondary N) is 1. The minimum absolute atomic E-state index is 0. The van der Waals surface area contributed by atoms with Crippen LogP contribution < -0.4 is 5.69 Å². The van der Waals surface area contributed by atoms with Crippen LogP contribution in [0.4, 0.5) is 0 Å². The van der Waals surface area contributed by atoms with Gasteiger partial charge in [-0.25, -0.2) is 9.89 Å². The van der Waals surface area contributed by atoms with E-state index >= 15 is 0 Å². The highest BCUT2D eigenvalue weighted by Crippen LogP contribution is 2.31. The van der Waals surface area contributed by atoms with Gasteiger partial charge in [0.1, 0.15) is 12.2 Å². The Labute approximate surface area is 112 Å². The fourth-order valence-corrected chi connectivity index (χ4v) is 2.74. The maximum atomic E-state index is 11.6. The molecule has 0 amide bonds. The van der Waals surface area contributed by atoms with Crippen LogP contribution in [0.25, 0.3) is 0 Å². The zero-order chi connectivity index (χ0) is 12.0. The molecular formula is C11H19ClN4O2. The molecule has 2 aliphatic rings. The van der Waals surface area contributed by atoms with Gasteiger partial charge in [0.25, 0.3) is 0 Å². The second kappa shape index (κ2) is 4.68. The van der Waals surface area contributed by atoms with Crippen LogP contribution >= 0.6 is 12.4 Å². The summed E-state index contributed by atoms with van der Waals surface area (Å²) >= 11 is 0. The third-order valence-electron chi connectivity index (χ3n) is 3.87. The monoisotopic (exact) mass is 274 g/mol. The lowest BCUT2D eigenvalue weighted by Gasteiger charge is -2.34. The van der Waals surface area contributed by atoms with Gasteiger partial charge in [-0.2, -0.15) is 5.10 Å². The number of halogens is 1. The van der Waals surface area contributed by atoms with E-state index in [1.165, 1.54) is 0 Å². The predicted octanol–water partition coefficient (Wildman–Crippen LogP) is 0.376. The molecule has 1 unspecified atom stereocenters. The largest absolute Gasteiger partial charge is 0.364 e. The fourth-order valence-electron chi connectivity index (χ4n) is 2.74. The van der Waals surface area contributed by atoms with Gasteiger partial charge in [-0.15, -0.1) is 12.4 Å². The molecule has 2 aliphatic heterocycles. The highest BCUT2D eigenvalue weighted by atomic mass is 35.5. The second-order valence-corrected chi connectivity index (χ2v) is 5.32. The summed E-state index contributed by atoms with van der Waals surface area (Å²) in [5.41, 5.74) is -0.309. The summed E-state index contributed by atoms with van der Waals surface area (Å²) in [7, 11) is 0. The Balaban J connectivity index is 0.00000120. The van der Waals surface area contributed by atoms with Crippen LogP contribution in [0.15, 0.2) is 4.79 Å². The van der Waals surface area contributed by atoms with Crippen LogP contribution in [-0.2, 0) is 17.9 Å². The fraction of sp³-hybridized carbons (Fsp3) is 0.818. The maximum absolute atomic E-state index is 11.6. The van der Waals surface area contributed by atoms with Gasteiger partial charge in [-0.3, -0.25) is 9.47 Å². The van der Waals surface area contributed by atoms with Crippen LogP contribution in [0.3, 0.4) is 0 Å². The van der Waals surface area contributed by atoms with Crippen molar-refractivity contribution in [2.24, 2.45) is 0 Å². The first kappa shape index (κ1) is 13.6. The Morgan fingerprint density at radius 1 is 1.44 bits per heavy atom. The standard InChI is InChI=1S/C11H18N4O2.ClH/c1-8(2)14-4-3-11(6-14)7-15-9(5-17-11)12-13-10(15)16;/h8H,3-7H2,1-2H3,(H,13,16);1H. The molecule has 18 heavy (non-hydrogen) atoms. The number of hydrogen-bond donors (Lipinski definition) is 1. The Bertz CT molecular complexity index is 484. The van der Waals surface area contributed by atoms with Crippen molar-refractivity contribution in [3.05, 3.63) is 16.3 Å². The first-order chi connectivity index (χ1) is 8.10. The molecule has 7 heteroatoms. The summed E-state index contributed by atoms with van der Waals surface area (Å²) in [5, 5.41) is 6.44. The first-order valence-electron chi connectivity index (χ1n) is 6.12. The SMILES string of the molecule is CC(C)N1CCC2(C1)Cn1c(n[nH]c1=O)CO2.Cl. The van der Waals surface area contributed by atoms with Gasteiger partial charge in [-0.1, -0.05) is 0 Å². The first-order valence-corrected chi connectivity index (χ1v) is 6.12. The topological polar surface area (TPSA) is 63.2 Å². The molecule has 1 saturated heterocycles. The van der Waals surface area contributed by atoms with Gasteiger partial charge < -0.3 is 4.74 Å². The summed E-state index contributed by atoms with van der Waals surface area (Å²) in [6.07, 6.45) is 0.988. The lowest BCUT2D eigenvalue weighted by molar-refractivity contribution is -0.0841. The number of rotatable bonds is 1. The van der Waals surface area contributed by atoms with Crippen LogP contribution in [0.5, 0.6) is 0 Å². The molecule has 0 saturated carbocycles. The van der Waals surface area contributed by atoms with Crippen molar-refractivity contribution in [2.45, 2.75) is 45.1 Å². The maximum Gasteiger partial charge on any atom is 0.343 e. The summed E-state index contributed by atoms with van der Waals surface area (Å²) in [6, 6.07) is 0.528. The Morgan fingerprint density at radius 2 is 2.22 bits per heavy atom. The van der Waals surface area contributed by atoms with Crippen molar-refractivity contribution in [2.75, 3.05) is 13.1 Å². The number of hydrogen-bond acceptors (Lipinski definition) is 4. The molecule has 3 heterocycles. The number of aromatic amines is 1. The van der Waals surface area contributed by atoms with Crippen molar-refractivity contribution < 1.29 is 4.74 Å². The van der Waals surface area contributed by atoms with E-state index in [0.29, 0.717) is 25.0 Å². The molecule has 1 fully saturated rings. The van der Waals surface area contributed by atoms with Crippen molar-refractivity contribution >= 4 is 12.4 Å². The Morgan fingerprint density at radius 3 is 2.89 bits per heavy atom. The van der Waals surface area contributed by atoms with Crippen LogP contribution in [0.1, 0.15) is 26.1 Å². The van der Waals surface area contributed by atoms with Gasteiger partial charge in [0, 0.05) is 19.1 Å². The van der Waals surface area contributed by atoms with Gasteiger partial charge in [-0.05, 0) is 20.3 Å². The Hall–Kier alpha value is -0.850. The summed E-state index contributed by atoms with van der Waals surface area (Å²) in [4.78, 5) is 14.0. The molecule has 0 aromatic carbocycles. The molecule has 1 N–H and O–H groups in total. The molecule has 0 bridgehead atoms. The number of likely N-dealkylation sites (tertiary alicyclic amines) is 1. The van der Waals surface area contributed by atoms with Crippen LogP contribution in [0, 0.1) is 0 Å². The molecule has 6 nitrogen and oxygen atoms in total. The molecule has 1 atom stereocenters. The van der Waals surface area contributed by atoms with Crippen molar-refractivity contribution in [1.29, 1.82) is 0 Å². The second-order valence-electron chi connectivity index (χ2n) is 5.32. The molecule has 1 aromatic heterocycles. The van der Waals surface area contributed by atoms with Gasteiger partial charge in [0.05, 0.1) is 6.54 Å². The van der Waals surface area contributed by atoms with E-state index in [-0.39, 0.29) is 23.7 Å². The van der Waals surface area contributed by atoms with Crippen LogP contribution in [-0.4, -0.2) is 44.4 Å². The van der Waals surface area contributed by atoms with E-state index in [1.807, 2.05) is 0 Å². The molecule has 0 radical (unpaired) electrons. The number of H-pyrrole nitrogens is 1. The van der Waals surface area contributed by atoms with E-state index in [4.69, 9.17) is 4.74 Å². The van der Waals surface area contributed by atoms with Crippen LogP contribution in [0.2, 0.25) is 0 Å². The highest BCUT2D eigenvalue weighted by molar-refractivity contribution is 5.85. The lowest BCUT2D eigenvalue weighted by Crippen LogP contribution is -2.47. The summed E-state index contributed by atoms with van der Waals surface area (Å²) in [5.74, 6) is 0.712. The van der Waals surface area contributed by atoms with E-state index < -0.39 is 0 Å². The minimum Gasteiger partial charge on any atom is -0.364 e. The van der Waals surface area contributed by atoms with Gasteiger partial charge >= 0.3 is 5.69 Å².